The maximum absolute atomic E-state index is 11.2. The van der Waals surface area contributed by atoms with E-state index in [-0.39, 0.29) is 5.76 Å². The van der Waals surface area contributed by atoms with Crippen LogP contribution in [-0.2, 0) is 4.79 Å². The number of anilines is 1. The van der Waals surface area contributed by atoms with Crippen molar-refractivity contribution >= 4 is 17.9 Å². The monoisotopic (exact) mass is 337 g/mol. The van der Waals surface area contributed by atoms with E-state index in [0.717, 1.165) is 6.92 Å². The van der Waals surface area contributed by atoms with Crippen LogP contribution in [0.15, 0.2) is 22.6 Å². The fourth-order valence-corrected chi connectivity index (χ4v) is 1.99. The summed E-state index contributed by atoms with van der Waals surface area (Å²) in [6.07, 6.45) is -1.45. The van der Waals surface area contributed by atoms with E-state index in [4.69, 9.17) is 23.7 Å². The Morgan fingerprint density at radius 2 is 1.92 bits per heavy atom. The zero-order valence-corrected chi connectivity index (χ0v) is 13.1. The fraction of sp³-hybridized carbons (Fsp3) is 0.200. The van der Waals surface area contributed by atoms with Gasteiger partial charge in [0.05, 0.1) is 19.8 Å². The third-order valence-electron chi connectivity index (χ3n) is 2.96. The summed E-state index contributed by atoms with van der Waals surface area (Å²) in [4.78, 5) is 22.0. The molecule has 0 bridgehead atoms. The number of nitrogens with one attached hydrogen (secondary N) is 1. The van der Waals surface area contributed by atoms with Crippen molar-refractivity contribution in [1.29, 1.82) is 0 Å². The van der Waals surface area contributed by atoms with E-state index in [0.29, 0.717) is 17.1 Å². The number of carbonyl (C=O) groups is 2. The minimum atomic E-state index is -1.45. The molecule has 2 rings (SSSR count). The average Bonchev–Trinajstić information content (AvgIpc) is 2.82. The minimum Gasteiger partial charge on any atom is -0.502 e. The Morgan fingerprint density at radius 3 is 2.46 bits per heavy atom. The number of amides is 1. The van der Waals surface area contributed by atoms with Crippen LogP contribution < -0.4 is 19.5 Å². The van der Waals surface area contributed by atoms with Crippen LogP contribution in [0.2, 0.25) is 0 Å². The highest BCUT2D eigenvalue weighted by molar-refractivity contribution is 5.88. The van der Waals surface area contributed by atoms with Crippen molar-refractivity contribution in [3.63, 3.8) is 0 Å². The van der Waals surface area contributed by atoms with Crippen molar-refractivity contribution in [2.75, 3.05) is 19.5 Å². The normalized spacial score (nSPS) is 10.1. The molecule has 0 radical (unpaired) electrons. The van der Waals surface area contributed by atoms with Crippen LogP contribution in [0, 0.1) is 0 Å². The van der Waals surface area contributed by atoms with Crippen LogP contribution >= 0.6 is 0 Å². The molecule has 0 spiro atoms. The number of rotatable bonds is 5. The molecule has 0 aliphatic carbocycles. The van der Waals surface area contributed by atoms with E-state index in [9.17, 15) is 14.7 Å². The summed E-state index contributed by atoms with van der Waals surface area (Å²) in [7, 11) is 2.88. The number of esters is 1. The topological polar surface area (TPSA) is 127 Å². The van der Waals surface area contributed by atoms with Crippen molar-refractivity contribution in [2.24, 2.45) is 0 Å². The molecule has 0 aliphatic rings. The molecule has 2 aromatic rings. The van der Waals surface area contributed by atoms with Crippen molar-refractivity contribution in [3.8, 4) is 34.3 Å². The summed E-state index contributed by atoms with van der Waals surface area (Å²) in [6.45, 7) is 1.10. The number of benzene rings is 1. The third kappa shape index (κ3) is 3.35. The molecule has 1 aromatic carbocycles. The van der Waals surface area contributed by atoms with Gasteiger partial charge in [0.25, 0.3) is 5.88 Å². The molecule has 0 aliphatic heterocycles. The predicted molar refractivity (Wildman–Crippen MR) is 81.9 cm³/mol. The number of ether oxygens (including phenoxy) is 3. The first kappa shape index (κ1) is 17.0. The quantitative estimate of drug-likeness (QED) is 0.711. The van der Waals surface area contributed by atoms with E-state index in [2.05, 4.69) is 0 Å². The molecule has 24 heavy (non-hydrogen) atoms. The van der Waals surface area contributed by atoms with Gasteiger partial charge < -0.3 is 28.8 Å². The molecule has 0 saturated carbocycles. The molecule has 0 saturated heterocycles. The first-order valence-electron chi connectivity index (χ1n) is 6.63. The van der Waals surface area contributed by atoms with Crippen LogP contribution in [0.5, 0.6) is 23.0 Å². The second kappa shape index (κ2) is 6.82. The van der Waals surface area contributed by atoms with Crippen molar-refractivity contribution < 1.29 is 38.4 Å². The van der Waals surface area contributed by atoms with Crippen molar-refractivity contribution in [2.45, 2.75) is 6.92 Å². The third-order valence-corrected chi connectivity index (χ3v) is 2.96. The molecule has 0 atom stereocenters. The fourth-order valence-electron chi connectivity index (χ4n) is 1.99. The molecular formula is C15H15NO8. The lowest BCUT2D eigenvalue weighted by Crippen LogP contribution is -2.09. The summed E-state index contributed by atoms with van der Waals surface area (Å²) < 4.78 is 20.4. The smallest absolute Gasteiger partial charge is 0.411 e. The number of furan rings is 1. The van der Waals surface area contributed by atoms with Crippen LogP contribution in [0.4, 0.5) is 10.7 Å². The Labute approximate surface area is 136 Å². The van der Waals surface area contributed by atoms with E-state index in [1.54, 1.807) is 12.1 Å². The minimum absolute atomic E-state index is 0.130. The highest BCUT2D eigenvalue weighted by Gasteiger charge is 2.27. The molecule has 0 fully saturated rings. The Hall–Kier alpha value is -3.36. The number of aromatic hydroxyl groups is 1. The van der Waals surface area contributed by atoms with Crippen LogP contribution in [-0.4, -0.2) is 36.5 Å². The number of carbonyl (C=O) groups excluding carboxylic acids is 1. The molecule has 9 nitrogen and oxygen atoms in total. The van der Waals surface area contributed by atoms with Gasteiger partial charge in [-0.05, 0) is 12.1 Å². The standard InChI is InChI=1S/C15H15NO8/c1-7(17)23-13-11(18)12(24-14(13)16-15(19)20)9-5-4-8(21-2)6-10(9)22-3/h4-6,16,18H,1-3H3,(H,19,20). The number of methoxy groups -OCH3 is 2. The van der Waals surface area contributed by atoms with E-state index >= 15 is 0 Å². The van der Waals surface area contributed by atoms with Gasteiger partial charge in [-0.1, -0.05) is 0 Å². The lowest BCUT2D eigenvalue weighted by atomic mass is 10.1. The Balaban J connectivity index is 2.60. The lowest BCUT2D eigenvalue weighted by Gasteiger charge is -2.08. The van der Waals surface area contributed by atoms with Gasteiger partial charge in [-0.3, -0.25) is 10.1 Å². The predicted octanol–water partition coefficient (Wildman–Crippen LogP) is 2.68. The second-order valence-electron chi connectivity index (χ2n) is 4.53. The Kier molecular flexibility index (Phi) is 4.83. The summed E-state index contributed by atoms with van der Waals surface area (Å²) in [5.74, 6) is -1.49. The largest absolute Gasteiger partial charge is 0.502 e. The number of hydrogen-bond acceptors (Lipinski definition) is 7. The summed E-state index contributed by atoms with van der Waals surface area (Å²) in [6, 6.07) is 4.68. The molecule has 1 amide bonds. The zero-order valence-electron chi connectivity index (χ0n) is 13.1. The number of hydrogen-bond donors (Lipinski definition) is 3. The van der Waals surface area contributed by atoms with Gasteiger partial charge in [-0.2, -0.15) is 0 Å². The van der Waals surface area contributed by atoms with Gasteiger partial charge in [0.1, 0.15) is 11.5 Å². The van der Waals surface area contributed by atoms with Gasteiger partial charge in [0.15, 0.2) is 5.76 Å². The molecular weight excluding hydrogens is 322 g/mol. The average molecular weight is 337 g/mol. The summed E-state index contributed by atoms with van der Waals surface area (Å²) in [5, 5.41) is 21.0. The van der Waals surface area contributed by atoms with Crippen LogP contribution in [0.1, 0.15) is 6.92 Å². The molecule has 1 heterocycles. The van der Waals surface area contributed by atoms with Crippen LogP contribution in [0.3, 0.4) is 0 Å². The highest BCUT2D eigenvalue weighted by atomic mass is 16.6. The van der Waals surface area contributed by atoms with Crippen LogP contribution in [0.25, 0.3) is 11.3 Å². The van der Waals surface area contributed by atoms with Gasteiger partial charge >= 0.3 is 12.1 Å². The van der Waals surface area contributed by atoms with Gasteiger partial charge in [0.2, 0.25) is 11.5 Å². The SMILES string of the molecule is COc1ccc(-c2oc(NC(=O)O)c(OC(C)=O)c2O)c(OC)c1. The van der Waals surface area contributed by atoms with Crippen molar-refractivity contribution in [3.05, 3.63) is 18.2 Å². The summed E-state index contributed by atoms with van der Waals surface area (Å²) >= 11 is 0. The van der Waals surface area contributed by atoms with Gasteiger partial charge in [0, 0.05) is 13.0 Å². The highest BCUT2D eigenvalue weighted by Crippen LogP contribution is 2.48. The van der Waals surface area contributed by atoms with Gasteiger partial charge in [-0.25, -0.2) is 4.79 Å². The van der Waals surface area contributed by atoms with Gasteiger partial charge in [-0.15, -0.1) is 0 Å². The maximum atomic E-state index is 11.2. The summed E-state index contributed by atoms with van der Waals surface area (Å²) in [5.41, 5.74) is 0.308. The molecule has 0 unspecified atom stereocenters. The van der Waals surface area contributed by atoms with Crippen molar-refractivity contribution in [1.82, 2.24) is 0 Å². The van der Waals surface area contributed by atoms with E-state index < -0.39 is 29.4 Å². The van der Waals surface area contributed by atoms with E-state index in [1.165, 1.54) is 20.3 Å². The zero-order chi connectivity index (χ0) is 17.9. The maximum Gasteiger partial charge on any atom is 0.411 e. The van der Waals surface area contributed by atoms with E-state index in [1.807, 2.05) is 5.32 Å². The Morgan fingerprint density at radius 1 is 1.21 bits per heavy atom. The first-order valence-corrected chi connectivity index (χ1v) is 6.63. The Bertz CT molecular complexity index is 780. The molecule has 128 valence electrons. The second-order valence-corrected chi connectivity index (χ2v) is 4.53. The lowest BCUT2D eigenvalue weighted by molar-refractivity contribution is -0.132. The first-order chi connectivity index (χ1) is 11.4. The number of carboxylic acid groups (broad SMARTS) is 1. The molecule has 3 N–H and O–H groups in total. The molecule has 9 heteroatoms. The molecule has 1 aromatic heterocycles.